The molecule has 4 rings (SSSR count). The van der Waals surface area contributed by atoms with Gasteiger partial charge in [0.15, 0.2) is 11.0 Å². The number of hydrogen-bond donors (Lipinski definition) is 1. The van der Waals surface area contributed by atoms with E-state index in [9.17, 15) is 4.79 Å². The lowest BCUT2D eigenvalue weighted by Gasteiger charge is -2.11. The van der Waals surface area contributed by atoms with Gasteiger partial charge in [0.2, 0.25) is 5.91 Å². The number of hydrogen-bond acceptors (Lipinski definition) is 5. The number of thioether (sulfide) groups is 1. The second kappa shape index (κ2) is 9.57. The summed E-state index contributed by atoms with van der Waals surface area (Å²) >= 11 is 1.36. The average Bonchev–Trinajstić information content (AvgIpc) is 3.24. The normalized spacial score (nSPS) is 10.8. The van der Waals surface area contributed by atoms with Crippen LogP contribution in [0.5, 0.6) is 0 Å². The lowest BCUT2D eigenvalue weighted by Crippen LogP contribution is -2.15. The Hall–Kier alpha value is -3.45. The third kappa shape index (κ3) is 4.83. The molecule has 1 amide bonds. The maximum atomic E-state index is 12.5. The Morgan fingerprint density at radius 3 is 2.45 bits per heavy atom. The number of carbonyl (C=O) groups excluding carboxylic acids is 1. The van der Waals surface area contributed by atoms with Crippen LogP contribution in [0.25, 0.3) is 17.1 Å². The summed E-state index contributed by atoms with van der Waals surface area (Å²) in [5.41, 5.74) is 4.98. The molecule has 0 aliphatic rings. The first-order chi connectivity index (χ1) is 15.2. The summed E-state index contributed by atoms with van der Waals surface area (Å²) in [7, 11) is 0. The molecule has 0 saturated carbocycles. The minimum atomic E-state index is -0.0827. The molecule has 0 aliphatic carbocycles. The molecule has 0 fully saturated rings. The monoisotopic (exact) mass is 429 g/mol. The molecule has 2 aromatic heterocycles. The van der Waals surface area contributed by atoms with Gasteiger partial charge in [-0.25, -0.2) is 0 Å². The van der Waals surface area contributed by atoms with Crippen LogP contribution in [0.1, 0.15) is 18.1 Å². The second-order valence-electron chi connectivity index (χ2n) is 7.05. The molecule has 31 heavy (non-hydrogen) atoms. The van der Waals surface area contributed by atoms with E-state index in [1.54, 1.807) is 12.4 Å². The summed E-state index contributed by atoms with van der Waals surface area (Å²) in [5.74, 6) is 0.865. The van der Waals surface area contributed by atoms with Crippen molar-refractivity contribution in [3.05, 3.63) is 84.2 Å². The number of carbonyl (C=O) groups is 1. The number of rotatable bonds is 7. The highest BCUT2D eigenvalue weighted by atomic mass is 32.2. The highest BCUT2D eigenvalue weighted by molar-refractivity contribution is 7.99. The van der Waals surface area contributed by atoms with Crippen molar-refractivity contribution in [3.8, 4) is 17.1 Å². The highest BCUT2D eigenvalue weighted by Crippen LogP contribution is 2.28. The fourth-order valence-electron chi connectivity index (χ4n) is 3.19. The van der Waals surface area contributed by atoms with Crippen molar-refractivity contribution in [1.82, 2.24) is 19.7 Å². The number of anilines is 1. The molecule has 0 aliphatic heterocycles. The quantitative estimate of drug-likeness (QED) is 0.422. The van der Waals surface area contributed by atoms with Crippen LogP contribution in [0.15, 0.2) is 78.2 Å². The number of nitrogens with one attached hydrogen (secondary N) is 1. The Labute approximate surface area is 185 Å². The van der Waals surface area contributed by atoms with Crippen molar-refractivity contribution in [2.75, 3.05) is 11.1 Å². The largest absolute Gasteiger partial charge is 0.325 e. The summed E-state index contributed by atoms with van der Waals surface area (Å²) in [4.78, 5) is 16.6. The zero-order valence-corrected chi connectivity index (χ0v) is 18.3. The van der Waals surface area contributed by atoms with Crippen LogP contribution in [-0.4, -0.2) is 31.4 Å². The molecule has 2 heterocycles. The summed E-state index contributed by atoms with van der Waals surface area (Å²) in [5, 5.41) is 12.4. The zero-order chi connectivity index (χ0) is 21.6. The minimum absolute atomic E-state index is 0.0827. The second-order valence-corrected chi connectivity index (χ2v) is 7.99. The molecule has 0 bridgehead atoms. The van der Waals surface area contributed by atoms with E-state index in [0.717, 1.165) is 28.9 Å². The Balaban J connectivity index is 1.60. The average molecular weight is 430 g/mol. The number of aromatic nitrogens is 4. The lowest BCUT2D eigenvalue weighted by molar-refractivity contribution is -0.113. The van der Waals surface area contributed by atoms with Gasteiger partial charge in [-0.15, -0.1) is 10.2 Å². The van der Waals surface area contributed by atoms with Gasteiger partial charge in [-0.05, 0) is 54.8 Å². The van der Waals surface area contributed by atoms with Crippen molar-refractivity contribution in [2.24, 2.45) is 0 Å². The van der Waals surface area contributed by atoms with Crippen LogP contribution >= 0.6 is 11.8 Å². The molecule has 0 saturated heterocycles. The van der Waals surface area contributed by atoms with Crippen molar-refractivity contribution in [1.29, 1.82) is 0 Å². The van der Waals surface area contributed by atoms with Gasteiger partial charge in [-0.2, -0.15) is 0 Å². The third-order valence-electron chi connectivity index (χ3n) is 4.93. The predicted octanol–water partition coefficient (Wildman–Crippen LogP) is 4.93. The van der Waals surface area contributed by atoms with E-state index in [0.29, 0.717) is 11.0 Å². The van der Waals surface area contributed by atoms with Crippen molar-refractivity contribution < 1.29 is 4.79 Å². The molecule has 4 aromatic rings. The van der Waals surface area contributed by atoms with Gasteiger partial charge in [0.1, 0.15) is 0 Å². The van der Waals surface area contributed by atoms with E-state index in [2.05, 4.69) is 51.7 Å². The smallest absolute Gasteiger partial charge is 0.234 e. The van der Waals surface area contributed by atoms with Crippen molar-refractivity contribution in [2.45, 2.75) is 25.4 Å². The van der Waals surface area contributed by atoms with E-state index in [4.69, 9.17) is 0 Å². The number of aryl methyl sites for hydroxylation is 2. The SMILES string of the molecule is CCc1ccc(-n2c(SCC(=O)Nc3ccccc3C)nnc2-c2ccncc2)cc1. The Kier molecular flexibility index (Phi) is 6.43. The van der Waals surface area contributed by atoms with Gasteiger partial charge in [-0.3, -0.25) is 14.3 Å². The van der Waals surface area contributed by atoms with E-state index in [-0.39, 0.29) is 11.7 Å². The molecule has 0 atom stereocenters. The first kappa shape index (κ1) is 20.8. The number of nitrogens with zero attached hydrogens (tertiary/aromatic N) is 4. The van der Waals surface area contributed by atoms with Crippen LogP contribution in [0, 0.1) is 6.92 Å². The van der Waals surface area contributed by atoms with Crippen LogP contribution < -0.4 is 5.32 Å². The first-order valence-corrected chi connectivity index (χ1v) is 11.1. The lowest BCUT2D eigenvalue weighted by atomic mass is 10.1. The molecule has 156 valence electrons. The van der Waals surface area contributed by atoms with Gasteiger partial charge in [-0.1, -0.05) is 49.0 Å². The zero-order valence-electron chi connectivity index (χ0n) is 17.4. The standard InChI is InChI=1S/C24H23N5OS/c1-3-18-8-10-20(11-9-18)29-23(19-12-14-25-15-13-19)27-28-24(29)31-16-22(30)26-21-7-5-4-6-17(21)2/h4-15H,3,16H2,1-2H3,(H,26,30). The van der Waals surface area contributed by atoms with E-state index >= 15 is 0 Å². The van der Waals surface area contributed by atoms with Gasteiger partial charge in [0.05, 0.1) is 5.75 Å². The molecule has 1 N–H and O–H groups in total. The van der Waals surface area contributed by atoms with Gasteiger partial charge in [0, 0.05) is 29.3 Å². The maximum absolute atomic E-state index is 12.5. The Morgan fingerprint density at radius 2 is 1.74 bits per heavy atom. The molecule has 0 unspecified atom stereocenters. The summed E-state index contributed by atoms with van der Waals surface area (Å²) in [6.45, 7) is 4.10. The number of para-hydroxylation sites is 1. The van der Waals surface area contributed by atoms with Gasteiger partial charge >= 0.3 is 0 Å². The van der Waals surface area contributed by atoms with Crippen LogP contribution in [0.3, 0.4) is 0 Å². The molecular weight excluding hydrogens is 406 g/mol. The van der Waals surface area contributed by atoms with Crippen LogP contribution in [-0.2, 0) is 11.2 Å². The van der Waals surface area contributed by atoms with Crippen LogP contribution in [0.2, 0.25) is 0 Å². The molecule has 6 nitrogen and oxygen atoms in total. The number of pyridine rings is 1. The molecule has 0 radical (unpaired) electrons. The summed E-state index contributed by atoms with van der Waals surface area (Å²) in [6.07, 6.45) is 4.44. The summed E-state index contributed by atoms with van der Waals surface area (Å²) < 4.78 is 1.99. The van der Waals surface area contributed by atoms with Crippen molar-refractivity contribution >= 4 is 23.4 Å². The Morgan fingerprint density at radius 1 is 1.00 bits per heavy atom. The van der Waals surface area contributed by atoms with Gasteiger partial charge < -0.3 is 5.32 Å². The maximum Gasteiger partial charge on any atom is 0.234 e. The fraction of sp³-hybridized carbons (Fsp3) is 0.167. The highest BCUT2D eigenvalue weighted by Gasteiger charge is 2.17. The number of benzene rings is 2. The minimum Gasteiger partial charge on any atom is -0.325 e. The Bertz CT molecular complexity index is 1170. The molecule has 0 spiro atoms. The molecule has 7 heteroatoms. The molecular formula is C24H23N5OS. The van der Waals surface area contributed by atoms with Gasteiger partial charge in [0.25, 0.3) is 0 Å². The fourth-order valence-corrected chi connectivity index (χ4v) is 3.95. The topological polar surface area (TPSA) is 72.7 Å². The summed E-state index contributed by atoms with van der Waals surface area (Å²) in [6, 6.07) is 19.9. The molecule has 2 aromatic carbocycles. The number of amides is 1. The van der Waals surface area contributed by atoms with E-state index < -0.39 is 0 Å². The predicted molar refractivity (Wildman–Crippen MR) is 125 cm³/mol. The first-order valence-electron chi connectivity index (χ1n) is 10.1. The third-order valence-corrected chi connectivity index (χ3v) is 5.86. The van der Waals surface area contributed by atoms with E-state index in [1.165, 1.54) is 17.3 Å². The van der Waals surface area contributed by atoms with E-state index in [1.807, 2.05) is 47.9 Å². The van der Waals surface area contributed by atoms with Crippen molar-refractivity contribution in [3.63, 3.8) is 0 Å². The van der Waals surface area contributed by atoms with Crippen LogP contribution in [0.4, 0.5) is 5.69 Å².